The highest BCUT2D eigenvalue weighted by molar-refractivity contribution is 5.67. The molecule has 0 saturated carbocycles. The third-order valence-corrected chi connectivity index (χ3v) is 4.57. The molecule has 0 unspecified atom stereocenters. The van der Waals surface area contributed by atoms with E-state index in [1.807, 2.05) is 48.6 Å². The maximum atomic E-state index is 5.92. The summed E-state index contributed by atoms with van der Waals surface area (Å²) in [5.41, 5.74) is 8.26. The van der Waals surface area contributed by atoms with Gasteiger partial charge in [0.05, 0.1) is 0 Å². The predicted octanol–water partition coefficient (Wildman–Crippen LogP) is 2.95. The topological polar surface area (TPSA) is 71.2 Å². The molecule has 0 bridgehead atoms. The molecule has 3 aromatic rings. The van der Waals surface area contributed by atoms with Gasteiger partial charge >= 0.3 is 0 Å². The Balaban J connectivity index is 1.46. The third-order valence-electron chi connectivity index (χ3n) is 4.57. The second-order valence-electron chi connectivity index (χ2n) is 6.41. The van der Waals surface area contributed by atoms with Crippen LogP contribution in [0, 0.1) is 0 Å². The van der Waals surface area contributed by atoms with Crippen molar-refractivity contribution in [1.29, 1.82) is 0 Å². The molecule has 0 radical (unpaired) electrons. The van der Waals surface area contributed by atoms with Crippen molar-refractivity contribution in [3.63, 3.8) is 0 Å². The van der Waals surface area contributed by atoms with Crippen molar-refractivity contribution in [2.75, 3.05) is 41.7 Å². The van der Waals surface area contributed by atoms with Crippen molar-refractivity contribution in [2.45, 2.75) is 0 Å². The van der Waals surface area contributed by atoms with Gasteiger partial charge in [0, 0.05) is 31.9 Å². The van der Waals surface area contributed by atoms with E-state index in [9.17, 15) is 0 Å². The minimum atomic E-state index is 0.248. The Bertz CT molecular complexity index is 902. The maximum absolute atomic E-state index is 5.92. The molecular formula is C21H22N6. The molecule has 0 spiro atoms. The number of hydrogen-bond acceptors (Lipinski definition) is 6. The molecule has 4 rings (SSSR count). The zero-order chi connectivity index (χ0) is 18.5. The Morgan fingerprint density at radius 2 is 1.33 bits per heavy atom. The van der Waals surface area contributed by atoms with E-state index in [-0.39, 0.29) is 5.95 Å². The van der Waals surface area contributed by atoms with Gasteiger partial charge in [-0.3, -0.25) is 0 Å². The standard InChI is InChI=1S/C21H22N6/c22-20-23-19(12-11-17-7-3-1-4-8-17)24-21(25-20)27-15-13-26(14-16-27)18-9-5-2-6-10-18/h1-12H,13-16H2,(H2,22,23,24,25)/b12-11+. The van der Waals surface area contributed by atoms with Crippen molar-refractivity contribution in [3.8, 4) is 0 Å². The highest BCUT2D eigenvalue weighted by atomic mass is 15.3. The summed E-state index contributed by atoms with van der Waals surface area (Å²) in [5.74, 6) is 1.47. The Morgan fingerprint density at radius 3 is 2.04 bits per heavy atom. The fourth-order valence-corrected chi connectivity index (χ4v) is 3.15. The average Bonchev–Trinajstić information content (AvgIpc) is 2.73. The molecule has 6 nitrogen and oxygen atoms in total. The first kappa shape index (κ1) is 17.0. The maximum Gasteiger partial charge on any atom is 0.230 e. The summed E-state index contributed by atoms with van der Waals surface area (Å²) in [7, 11) is 0. The number of para-hydroxylation sites is 1. The lowest BCUT2D eigenvalue weighted by atomic mass is 10.2. The first-order valence-corrected chi connectivity index (χ1v) is 9.07. The Kier molecular flexibility index (Phi) is 4.96. The van der Waals surface area contributed by atoms with Gasteiger partial charge in [-0.1, -0.05) is 54.6 Å². The number of aromatic nitrogens is 3. The van der Waals surface area contributed by atoms with Crippen LogP contribution in [0.4, 0.5) is 17.6 Å². The summed E-state index contributed by atoms with van der Waals surface area (Å²) in [4.78, 5) is 17.7. The van der Waals surface area contributed by atoms with Gasteiger partial charge in [0.25, 0.3) is 0 Å². The van der Waals surface area contributed by atoms with Gasteiger partial charge < -0.3 is 15.5 Å². The zero-order valence-electron chi connectivity index (χ0n) is 15.1. The summed E-state index contributed by atoms with van der Waals surface area (Å²) in [6.45, 7) is 3.54. The molecule has 2 N–H and O–H groups in total. The molecule has 0 aliphatic carbocycles. The van der Waals surface area contributed by atoms with Crippen molar-refractivity contribution < 1.29 is 0 Å². The van der Waals surface area contributed by atoms with Crippen molar-refractivity contribution in [3.05, 3.63) is 72.1 Å². The van der Waals surface area contributed by atoms with E-state index < -0.39 is 0 Å². The molecule has 1 aliphatic rings. The SMILES string of the molecule is Nc1nc(/C=C/c2ccccc2)nc(N2CCN(c3ccccc3)CC2)n1. The summed E-state index contributed by atoms with van der Waals surface area (Å²) >= 11 is 0. The van der Waals surface area contributed by atoms with Gasteiger partial charge in [-0.05, 0) is 23.8 Å². The number of nitrogens with zero attached hydrogens (tertiary/aromatic N) is 5. The van der Waals surface area contributed by atoms with E-state index in [2.05, 4.69) is 49.0 Å². The van der Waals surface area contributed by atoms with Gasteiger partial charge in [0.1, 0.15) is 0 Å². The molecule has 0 amide bonds. The Labute approximate surface area is 159 Å². The number of benzene rings is 2. The van der Waals surface area contributed by atoms with Crippen LogP contribution in [0.3, 0.4) is 0 Å². The van der Waals surface area contributed by atoms with Crippen LogP contribution in [-0.2, 0) is 0 Å². The van der Waals surface area contributed by atoms with Crippen molar-refractivity contribution in [2.24, 2.45) is 0 Å². The van der Waals surface area contributed by atoms with E-state index >= 15 is 0 Å². The lowest BCUT2D eigenvalue weighted by Crippen LogP contribution is -2.47. The lowest BCUT2D eigenvalue weighted by molar-refractivity contribution is 0.638. The number of nitrogens with two attached hydrogens (primary N) is 1. The molecular weight excluding hydrogens is 336 g/mol. The van der Waals surface area contributed by atoms with E-state index in [1.165, 1.54) is 5.69 Å². The monoisotopic (exact) mass is 358 g/mol. The summed E-state index contributed by atoms with van der Waals surface area (Å²) in [6, 6.07) is 20.5. The third kappa shape index (κ3) is 4.23. The zero-order valence-corrected chi connectivity index (χ0v) is 15.1. The molecule has 136 valence electrons. The number of hydrogen-bond donors (Lipinski definition) is 1. The van der Waals surface area contributed by atoms with Gasteiger partial charge in [-0.25, -0.2) is 0 Å². The normalized spacial score (nSPS) is 14.7. The minimum Gasteiger partial charge on any atom is -0.368 e. The van der Waals surface area contributed by atoms with Crippen molar-refractivity contribution in [1.82, 2.24) is 15.0 Å². The van der Waals surface area contributed by atoms with Crippen molar-refractivity contribution >= 4 is 29.7 Å². The summed E-state index contributed by atoms with van der Waals surface area (Å²) in [5, 5.41) is 0. The molecule has 1 fully saturated rings. The second-order valence-corrected chi connectivity index (χ2v) is 6.41. The van der Waals surface area contributed by atoms with Gasteiger partial charge in [0.15, 0.2) is 5.82 Å². The highest BCUT2D eigenvalue weighted by Crippen LogP contribution is 2.18. The molecule has 27 heavy (non-hydrogen) atoms. The quantitative estimate of drug-likeness (QED) is 0.773. The largest absolute Gasteiger partial charge is 0.368 e. The van der Waals surface area contributed by atoms with Crippen LogP contribution >= 0.6 is 0 Å². The average molecular weight is 358 g/mol. The van der Waals surface area contributed by atoms with E-state index in [4.69, 9.17) is 5.73 Å². The van der Waals surface area contributed by atoms with Gasteiger partial charge in [-0.2, -0.15) is 15.0 Å². The van der Waals surface area contributed by atoms with Crippen LogP contribution in [0.15, 0.2) is 60.7 Å². The molecule has 1 aliphatic heterocycles. The fraction of sp³-hybridized carbons (Fsp3) is 0.190. The molecule has 0 atom stereocenters. The summed E-state index contributed by atoms with van der Waals surface area (Å²) in [6.07, 6.45) is 3.85. The molecule has 2 aromatic carbocycles. The van der Waals surface area contributed by atoms with E-state index in [1.54, 1.807) is 0 Å². The number of piperazine rings is 1. The Morgan fingerprint density at radius 1 is 0.704 bits per heavy atom. The van der Waals surface area contributed by atoms with Gasteiger partial charge in [-0.15, -0.1) is 0 Å². The van der Waals surface area contributed by atoms with Gasteiger partial charge in [0.2, 0.25) is 11.9 Å². The number of rotatable bonds is 4. The van der Waals surface area contributed by atoms with Crippen LogP contribution in [0.2, 0.25) is 0 Å². The van der Waals surface area contributed by atoms with E-state index in [0.717, 1.165) is 31.7 Å². The van der Waals surface area contributed by atoms with Crippen LogP contribution in [0.1, 0.15) is 11.4 Å². The number of anilines is 3. The molecule has 1 saturated heterocycles. The Hall–Kier alpha value is -3.41. The smallest absolute Gasteiger partial charge is 0.230 e. The molecule has 1 aromatic heterocycles. The minimum absolute atomic E-state index is 0.248. The van der Waals surface area contributed by atoms with Crippen LogP contribution in [0.25, 0.3) is 12.2 Å². The predicted molar refractivity (Wildman–Crippen MR) is 110 cm³/mol. The van der Waals surface area contributed by atoms with E-state index in [0.29, 0.717) is 11.8 Å². The van der Waals surface area contributed by atoms with Crippen LogP contribution in [-0.4, -0.2) is 41.1 Å². The highest BCUT2D eigenvalue weighted by Gasteiger charge is 2.20. The second kappa shape index (κ2) is 7.86. The number of nitrogen functional groups attached to an aromatic ring is 1. The lowest BCUT2D eigenvalue weighted by Gasteiger charge is -2.36. The molecule has 6 heteroatoms. The van der Waals surface area contributed by atoms with Crippen LogP contribution in [0.5, 0.6) is 0 Å². The fourth-order valence-electron chi connectivity index (χ4n) is 3.15. The first-order valence-electron chi connectivity index (χ1n) is 9.07. The summed E-state index contributed by atoms with van der Waals surface area (Å²) < 4.78 is 0. The molecule has 2 heterocycles. The first-order chi connectivity index (χ1) is 13.3. The van der Waals surface area contributed by atoms with Crippen LogP contribution < -0.4 is 15.5 Å².